The molecule has 0 unspecified atom stereocenters. The highest BCUT2D eigenvalue weighted by atomic mass is 79.9. The van der Waals surface area contributed by atoms with Gasteiger partial charge >= 0.3 is 7.82 Å². The average Bonchev–Trinajstić information content (AvgIpc) is 2.97. The van der Waals surface area contributed by atoms with Gasteiger partial charge in [-0.05, 0) is 18.9 Å². The number of amides is 1. The van der Waals surface area contributed by atoms with Crippen molar-refractivity contribution in [3.8, 4) is 0 Å². The molecule has 12 heteroatoms. The molecule has 0 radical (unpaired) electrons. The summed E-state index contributed by atoms with van der Waals surface area (Å²) in [5.74, 6) is -0.269. The van der Waals surface area contributed by atoms with E-state index in [9.17, 15) is 19.6 Å². The predicted molar refractivity (Wildman–Crippen MR) is 105 cm³/mol. The van der Waals surface area contributed by atoms with Gasteiger partial charge in [-0.25, -0.2) is 4.57 Å². The van der Waals surface area contributed by atoms with Crippen molar-refractivity contribution in [1.29, 1.82) is 0 Å². The molecule has 1 aromatic rings. The molecule has 10 nitrogen and oxygen atoms in total. The van der Waals surface area contributed by atoms with Gasteiger partial charge in [0.15, 0.2) is 18.5 Å². The van der Waals surface area contributed by atoms with Crippen molar-refractivity contribution in [3.05, 3.63) is 30.1 Å². The monoisotopic (exact) mass is 497 g/mol. The molecule has 0 aliphatic carbocycles. The van der Waals surface area contributed by atoms with Crippen molar-refractivity contribution in [1.82, 2.24) is 5.32 Å². The van der Waals surface area contributed by atoms with Crippen molar-refractivity contribution in [2.75, 3.05) is 18.5 Å². The second-order valence-corrected chi connectivity index (χ2v) is 8.76. The SMILES string of the molecule is O=C(NCCCCCCBr)c1ccc[n+]([C@@H]2O[C@H](COP(=O)(O)O)[C@@H](O)[C@H]2O)c1. The summed E-state index contributed by atoms with van der Waals surface area (Å²) < 4.78 is 22.1. The number of nitrogens with one attached hydrogen (secondary N) is 1. The van der Waals surface area contributed by atoms with Gasteiger partial charge in [-0.15, -0.1) is 0 Å². The Bertz CT molecular complexity index is 718. The number of phosphoric acid groups is 1. The van der Waals surface area contributed by atoms with E-state index in [0.717, 1.165) is 31.0 Å². The second-order valence-electron chi connectivity index (χ2n) is 6.73. The number of aliphatic hydroxyl groups excluding tert-OH is 2. The van der Waals surface area contributed by atoms with Crippen LogP contribution in [0.3, 0.4) is 0 Å². The molecular formula is C17H27BrN2O8P+. The number of aromatic nitrogens is 1. The van der Waals surface area contributed by atoms with Gasteiger partial charge < -0.3 is 30.1 Å². The molecule has 29 heavy (non-hydrogen) atoms. The summed E-state index contributed by atoms with van der Waals surface area (Å²) in [5, 5.41) is 24.1. The van der Waals surface area contributed by atoms with Crippen LogP contribution in [0.1, 0.15) is 42.3 Å². The maximum Gasteiger partial charge on any atom is 0.469 e. The summed E-state index contributed by atoms with van der Waals surface area (Å²) in [4.78, 5) is 29.9. The summed E-state index contributed by atoms with van der Waals surface area (Å²) in [6.45, 7) is -0.0338. The number of alkyl halides is 1. The summed E-state index contributed by atoms with van der Waals surface area (Å²) in [6.07, 6.45) is 2.20. The van der Waals surface area contributed by atoms with Crippen molar-refractivity contribution in [2.45, 2.75) is 50.2 Å². The van der Waals surface area contributed by atoms with Crippen LogP contribution in [0.15, 0.2) is 24.5 Å². The molecule has 2 rings (SSSR count). The summed E-state index contributed by atoms with van der Waals surface area (Å²) in [6, 6.07) is 3.22. The Morgan fingerprint density at radius 3 is 2.66 bits per heavy atom. The van der Waals surface area contributed by atoms with Crippen molar-refractivity contribution < 1.29 is 43.2 Å². The Morgan fingerprint density at radius 2 is 1.97 bits per heavy atom. The molecule has 4 atom stereocenters. The van der Waals surface area contributed by atoms with E-state index in [1.54, 1.807) is 18.3 Å². The minimum Gasteiger partial charge on any atom is -0.387 e. The first-order valence-corrected chi connectivity index (χ1v) is 11.9. The Balaban J connectivity index is 1.94. The molecule has 1 aliphatic rings. The Morgan fingerprint density at radius 1 is 1.24 bits per heavy atom. The lowest BCUT2D eigenvalue weighted by molar-refractivity contribution is -0.765. The lowest BCUT2D eigenvalue weighted by Crippen LogP contribution is -2.46. The number of rotatable bonds is 11. The lowest BCUT2D eigenvalue weighted by atomic mass is 10.1. The number of nitrogens with zero attached hydrogens (tertiary/aromatic N) is 1. The normalized spacial score (nSPS) is 24.6. The number of aliphatic hydroxyl groups is 2. The maximum absolute atomic E-state index is 12.3. The topological polar surface area (TPSA) is 149 Å². The van der Waals surface area contributed by atoms with E-state index in [4.69, 9.17) is 14.5 Å². The molecule has 1 aliphatic heterocycles. The van der Waals surface area contributed by atoms with Gasteiger partial charge in [-0.3, -0.25) is 9.32 Å². The van der Waals surface area contributed by atoms with Gasteiger partial charge in [0.1, 0.15) is 17.8 Å². The largest absolute Gasteiger partial charge is 0.469 e. The van der Waals surface area contributed by atoms with E-state index in [0.29, 0.717) is 12.1 Å². The first kappa shape index (κ1) is 24.4. The molecule has 0 bridgehead atoms. The van der Waals surface area contributed by atoms with Crippen LogP contribution in [0.2, 0.25) is 0 Å². The fourth-order valence-electron chi connectivity index (χ4n) is 2.95. The minimum absolute atomic E-state index is 0.269. The van der Waals surface area contributed by atoms with E-state index in [1.165, 1.54) is 10.8 Å². The van der Waals surface area contributed by atoms with Crippen LogP contribution < -0.4 is 9.88 Å². The first-order chi connectivity index (χ1) is 13.7. The fraction of sp³-hybridized carbons (Fsp3) is 0.647. The van der Waals surface area contributed by atoms with E-state index < -0.39 is 39.0 Å². The zero-order valence-electron chi connectivity index (χ0n) is 15.8. The third kappa shape index (κ3) is 7.69. The van der Waals surface area contributed by atoms with Gasteiger partial charge in [0.05, 0.1) is 6.61 Å². The Kier molecular flexibility index (Phi) is 9.64. The highest BCUT2D eigenvalue weighted by Gasteiger charge is 2.48. The molecule has 1 fully saturated rings. The standard InChI is InChI=1S/C17H26BrN2O8P/c18-7-3-1-2-4-8-19-16(23)12-6-5-9-20(10-12)17-15(22)14(21)13(28-17)11-27-29(24,25)26/h5-6,9-10,13-15,17,21-22H,1-4,7-8,11H2,(H2-,19,23,24,25,26)/p+1/t13-,14-,15-,17-/m1/s1. The quantitative estimate of drug-likeness (QED) is 0.127. The third-order valence-electron chi connectivity index (χ3n) is 4.47. The van der Waals surface area contributed by atoms with Gasteiger partial charge in [-0.2, -0.15) is 4.57 Å². The molecule has 0 saturated carbocycles. The van der Waals surface area contributed by atoms with Crippen molar-refractivity contribution >= 4 is 29.7 Å². The highest BCUT2D eigenvalue weighted by molar-refractivity contribution is 9.09. The summed E-state index contributed by atoms with van der Waals surface area (Å²) in [7, 11) is -4.73. The molecule has 2 heterocycles. The fourth-order valence-corrected chi connectivity index (χ4v) is 3.68. The number of unbranched alkanes of at least 4 members (excludes halogenated alkanes) is 3. The lowest BCUT2D eigenvalue weighted by Gasteiger charge is -2.13. The van der Waals surface area contributed by atoms with Gasteiger partial charge in [0.2, 0.25) is 0 Å². The van der Waals surface area contributed by atoms with Crippen LogP contribution in [-0.2, 0) is 13.8 Å². The molecule has 5 N–H and O–H groups in total. The molecule has 0 spiro atoms. The first-order valence-electron chi connectivity index (χ1n) is 9.29. The van der Waals surface area contributed by atoms with Crippen molar-refractivity contribution in [2.24, 2.45) is 0 Å². The van der Waals surface area contributed by atoms with Crippen molar-refractivity contribution in [3.63, 3.8) is 0 Å². The molecule has 1 saturated heterocycles. The van der Waals surface area contributed by atoms with Crippen LogP contribution in [0, 0.1) is 0 Å². The second kappa shape index (κ2) is 11.5. The Hall–Kier alpha value is -0.910. The number of carbonyl (C=O) groups is 1. The van der Waals surface area contributed by atoms with Crippen LogP contribution >= 0.6 is 23.8 Å². The van der Waals surface area contributed by atoms with Crippen LogP contribution in [-0.4, -0.2) is 62.7 Å². The zero-order chi connectivity index (χ0) is 21.4. The number of phosphoric ester groups is 1. The zero-order valence-corrected chi connectivity index (χ0v) is 18.2. The number of carbonyl (C=O) groups excluding carboxylic acids is 1. The molecule has 0 aromatic carbocycles. The van der Waals surface area contributed by atoms with Gasteiger partial charge in [0, 0.05) is 17.9 Å². The predicted octanol–water partition coefficient (Wildman–Crippen LogP) is 0.388. The molecule has 1 aromatic heterocycles. The number of pyridine rings is 1. The van der Waals surface area contributed by atoms with Crippen LogP contribution in [0.25, 0.3) is 0 Å². The van der Waals surface area contributed by atoms with E-state index in [-0.39, 0.29) is 5.91 Å². The van der Waals surface area contributed by atoms with E-state index in [2.05, 4.69) is 25.8 Å². The smallest absolute Gasteiger partial charge is 0.387 e. The van der Waals surface area contributed by atoms with Gasteiger partial charge in [-0.1, -0.05) is 28.8 Å². The molecule has 1 amide bonds. The van der Waals surface area contributed by atoms with Crippen LogP contribution in [0.5, 0.6) is 0 Å². The number of hydrogen-bond acceptors (Lipinski definition) is 6. The van der Waals surface area contributed by atoms with E-state index >= 15 is 0 Å². The van der Waals surface area contributed by atoms with Crippen LogP contribution in [0.4, 0.5) is 0 Å². The third-order valence-corrected chi connectivity index (χ3v) is 5.51. The van der Waals surface area contributed by atoms with Gasteiger partial charge in [0.25, 0.3) is 12.1 Å². The number of halogens is 1. The number of ether oxygens (including phenoxy) is 1. The average molecular weight is 498 g/mol. The maximum atomic E-state index is 12.3. The summed E-state index contributed by atoms with van der Waals surface area (Å²) >= 11 is 3.38. The number of hydrogen-bond donors (Lipinski definition) is 5. The highest BCUT2D eigenvalue weighted by Crippen LogP contribution is 2.37. The minimum atomic E-state index is -4.73. The van der Waals surface area contributed by atoms with E-state index in [1.807, 2.05) is 0 Å². The molecular weight excluding hydrogens is 471 g/mol. The summed E-state index contributed by atoms with van der Waals surface area (Å²) in [5.41, 5.74) is 0.355. The Labute approximate surface area is 177 Å². The molecule has 164 valence electrons.